The van der Waals surface area contributed by atoms with Crippen LogP contribution in [0.1, 0.15) is 22.8 Å². The summed E-state index contributed by atoms with van der Waals surface area (Å²) in [7, 11) is -4.53. The summed E-state index contributed by atoms with van der Waals surface area (Å²) in [6.45, 7) is 3.73. The van der Waals surface area contributed by atoms with Crippen molar-refractivity contribution in [3.63, 3.8) is 0 Å². The molecule has 0 unspecified atom stereocenters. The van der Waals surface area contributed by atoms with Crippen LogP contribution in [0.2, 0.25) is 10.0 Å². The van der Waals surface area contributed by atoms with Crippen molar-refractivity contribution < 1.29 is 27.6 Å². The molecule has 1 amide bonds. The van der Waals surface area contributed by atoms with Crippen LogP contribution in [0, 0.1) is 6.92 Å². The van der Waals surface area contributed by atoms with Gasteiger partial charge in [-0.1, -0.05) is 53.5 Å². The smallest absolute Gasteiger partial charge is 0.294 e. The van der Waals surface area contributed by atoms with Crippen molar-refractivity contribution in [2.45, 2.75) is 18.7 Å². The lowest BCUT2D eigenvalue weighted by Crippen LogP contribution is -2.13. The van der Waals surface area contributed by atoms with Crippen molar-refractivity contribution in [3.8, 4) is 11.5 Å². The van der Waals surface area contributed by atoms with Crippen molar-refractivity contribution >= 4 is 67.1 Å². The number of rotatable bonds is 7. The molecule has 0 saturated carbocycles. The molecule has 0 aromatic heterocycles. The van der Waals surface area contributed by atoms with Gasteiger partial charge in [0.25, 0.3) is 16.0 Å². The average Bonchev–Trinajstić information content (AvgIpc) is 2.87. The Morgan fingerprint density at radius 3 is 2.47 bits per heavy atom. The topological polar surface area (TPSA) is 138 Å². The summed E-state index contributed by atoms with van der Waals surface area (Å²) in [6, 6.07) is 15.5. The highest BCUT2D eigenvalue weighted by atomic mass is 35.5. The molecule has 0 aliphatic heterocycles. The average molecular weight is 574 g/mol. The second-order valence-electron chi connectivity index (χ2n) is 8.10. The van der Waals surface area contributed by atoms with Crippen molar-refractivity contribution in [1.29, 1.82) is 0 Å². The van der Waals surface area contributed by atoms with Crippen LogP contribution in [0.25, 0.3) is 10.8 Å². The Morgan fingerprint density at radius 2 is 1.76 bits per heavy atom. The van der Waals surface area contributed by atoms with Gasteiger partial charge in [0, 0.05) is 5.39 Å². The summed E-state index contributed by atoms with van der Waals surface area (Å²) in [5.41, 5.74) is 0.404. The molecule has 4 aromatic carbocycles. The number of amides is 1. The predicted molar refractivity (Wildman–Crippen MR) is 146 cm³/mol. The van der Waals surface area contributed by atoms with Crippen molar-refractivity contribution in [2.75, 3.05) is 11.9 Å². The van der Waals surface area contributed by atoms with Crippen LogP contribution >= 0.6 is 23.2 Å². The van der Waals surface area contributed by atoms with E-state index in [0.29, 0.717) is 28.7 Å². The van der Waals surface area contributed by atoms with E-state index in [-0.39, 0.29) is 32.7 Å². The SMILES string of the molecule is CCOc1cccc(NC(=O)c2cc3ccccc3c(N=Nc3cc(S(=O)(=O)O)cc(C)c3Cl)c2O)c1Cl. The number of benzene rings is 4. The summed E-state index contributed by atoms with van der Waals surface area (Å²) in [5, 5.41) is 23.3. The third-order valence-electron chi connectivity index (χ3n) is 5.52. The number of carbonyl (C=O) groups excluding carboxylic acids is 1. The number of hydrogen-bond acceptors (Lipinski definition) is 7. The first-order valence-corrected chi connectivity index (χ1v) is 13.4. The van der Waals surface area contributed by atoms with Crippen LogP contribution in [0.4, 0.5) is 17.1 Å². The molecule has 196 valence electrons. The Balaban J connectivity index is 1.80. The lowest BCUT2D eigenvalue weighted by atomic mass is 10.0. The van der Waals surface area contributed by atoms with Crippen LogP contribution < -0.4 is 10.1 Å². The molecule has 0 spiro atoms. The number of halogens is 2. The highest BCUT2D eigenvalue weighted by Gasteiger charge is 2.21. The summed E-state index contributed by atoms with van der Waals surface area (Å²) < 4.78 is 38.2. The zero-order valence-corrected chi connectivity index (χ0v) is 22.4. The van der Waals surface area contributed by atoms with Gasteiger partial charge in [-0.05, 0) is 55.1 Å². The third-order valence-corrected chi connectivity index (χ3v) is 7.23. The second kappa shape index (κ2) is 11.0. The highest BCUT2D eigenvalue weighted by molar-refractivity contribution is 7.85. The summed E-state index contributed by atoms with van der Waals surface area (Å²) in [5.74, 6) is -0.744. The van der Waals surface area contributed by atoms with Gasteiger partial charge in [0.15, 0.2) is 5.75 Å². The van der Waals surface area contributed by atoms with Gasteiger partial charge in [-0.3, -0.25) is 9.35 Å². The third kappa shape index (κ3) is 5.58. The molecule has 38 heavy (non-hydrogen) atoms. The maximum Gasteiger partial charge on any atom is 0.294 e. The molecule has 0 fully saturated rings. The molecule has 4 rings (SSSR count). The van der Waals surface area contributed by atoms with Crippen LogP contribution in [0.3, 0.4) is 0 Å². The number of hydrogen-bond donors (Lipinski definition) is 3. The second-order valence-corrected chi connectivity index (χ2v) is 10.3. The number of aryl methyl sites for hydroxylation is 1. The number of anilines is 1. The molecule has 0 bridgehead atoms. The van der Waals surface area contributed by atoms with Crippen LogP contribution in [-0.2, 0) is 10.1 Å². The van der Waals surface area contributed by atoms with Gasteiger partial charge in [0.1, 0.15) is 22.1 Å². The fourth-order valence-corrected chi connectivity index (χ4v) is 4.66. The number of ether oxygens (including phenoxy) is 1. The predicted octanol–water partition coefficient (Wildman–Crippen LogP) is 7.47. The van der Waals surface area contributed by atoms with E-state index in [1.807, 2.05) is 0 Å². The molecule has 9 nitrogen and oxygen atoms in total. The number of azo groups is 1. The standard InChI is InChI=1S/C26H21Cl2N3O6S/c1-3-37-21-10-6-9-19(23(21)28)29-26(33)18-12-15-7-4-5-8-17(15)24(25(18)32)31-30-20-13-16(38(34,35)36)11-14(2)22(20)27/h4-13,32H,3H2,1-2H3,(H,29,33)(H,34,35,36). The molecule has 0 aliphatic rings. The molecule has 0 atom stereocenters. The minimum Gasteiger partial charge on any atom is -0.505 e. The normalized spacial score (nSPS) is 11.7. The Kier molecular flexibility index (Phi) is 7.89. The number of nitrogens with one attached hydrogen (secondary N) is 1. The lowest BCUT2D eigenvalue weighted by Gasteiger charge is -2.13. The number of fused-ring (bicyclic) bond motifs is 1. The van der Waals surface area contributed by atoms with Crippen LogP contribution in [0.15, 0.2) is 75.8 Å². The van der Waals surface area contributed by atoms with Crippen molar-refractivity contribution in [3.05, 3.63) is 81.8 Å². The molecule has 0 aliphatic carbocycles. The van der Waals surface area contributed by atoms with Crippen molar-refractivity contribution in [1.82, 2.24) is 0 Å². The van der Waals surface area contributed by atoms with E-state index in [1.165, 1.54) is 12.1 Å². The van der Waals surface area contributed by atoms with Gasteiger partial charge in [0.05, 0.1) is 27.8 Å². The molecular formula is C26H21Cl2N3O6S. The number of nitrogens with zero attached hydrogens (tertiary/aromatic N) is 2. The number of carbonyl (C=O) groups is 1. The van der Waals surface area contributed by atoms with Gasteiger partial charge < -0.3 is 15.2 Å². The largest absolute Gasteiger partial charge is 0.505 e. The Morgan fingerprint density at radius 1 is 1.03 bits per heavy atom. The molecular weight excluding hydrogens is 553 g/mol. The molecule has 12 heteroatoms. The quantitative estimate of drug-likeness (QED) is 0.155. The van der Waals surface area contributed by atoms with E-state index in [2.05, 4.69) is 15.5 Å². The highest BCUT2D eigenvalue weighted by Crippen LogP contribution is 2.41. The van der Waals surface area contributed by atoms with E-state index in [4.69, 9.17) is 27.9 Å². The molecule has 0 radical (unpaired) electrons. The maximum atomic E-state index is 13.2. The summed E-state index contributed by atoms with van der Waals surface area (Å²) in [4.78, 5) is 12.8. The van der Waals surface area contributed by atoms with Crippen LogP contribution in [-0.4, -0.2) is 30.6 Å². The Bertz CT molecular complexity index is 1710. The lowest BCUT2D eigenvalue weighted by molar-refractivity contribution is 0.102. The molecule has 0 heterocycles. The fraction of sp³-hybridized carbons (Fsp3) is 0.115. The van der Waals surface area contributed by atoms with Gasteiger partial charge in [-0.25, -0.2) is 0 Å². The summed E-state index contributed by atoms with van der Waals surface area (Å²) in [6.07, 6.45) is 0. The minimum absolute atomic E-state index is 0.0478. The van der Waals surface area contributed by atoms with E-state index in [1.54, 1.807) is 56.3 Å². The first-order chi connectivity index (χ1) is 18.0. The van der Waals surface area contributed by atoms with E-state index >= 15 is 0 Å². The molecule has 3 N–H and O–H groups in total. The summed E-state index contributed by atoms with van der Waals surface area (Å²) >= 11 is 12.6. The number of phenols is 1. The first-order valence-electron chi connectivity index (χ1n) is 11.2. The van der Waals surface area contributed by atoms with E-state index in [9.17, 15) is 22.9 Å². The Labute approximate surface area is 228 Å². The number of phenolic OH excluding ortho intramolecular Hbond substituents is 1. The minimum atomic E-state index is -4.53. The Hall–Kier alpha value is -3.70. The molecule has 4 aromatic rings. The van der Waals surface area contributed by atoms with Crippen LogP contribution in [0.5, 0.6) is 11.5 Å². The van der Waals surface area contributed by atoms with Crippen molar-refractivity contribution in [2.24, 2.45) is 10.2 Å². The maximum absolute atomic E-state index is 13.2. The first kappa shape index (κ1) is 27.3. The molecule has 0 saturated heterocycles. The zero-order valence-electron chi connectivity index (χ0n) is 20.1. The van der Waals surface area contributed by atoms with E-state index < -0.39 is 26.7 Å². The van der Waals surface area contributed by atoms with Gasteiger partial charge in [0.2, 0.25) is 0 Å². The van der Waals surface area contributed by atoms with Gasteiger partial charge in [-0.2, -0.15) is 8.42 Å². The zero-order chi connectivity index (χ0) is 27.6. The monoisotopic (exact) mass is 573 g/mol. The van der Waals surface area contributed by atoms with Gasteiger partial charge in [-0.15, -0.1) is 10.2 Å². The number of aromatic hydroxyl groups is 1. The van der Waals surface area contributed by atoms with Gasteiger partial charge >= 0.3 is 0 Å². The fourth-order valence-electron chi connectivity index (χ4n) is 3.70. The van der Waals surface area contributed by atoms with E-state index in [0.717, 1.165) is 6.07 Å².